The number of carbonyl (C=O) groups excluding carboxylic acids is 2. The van der Waals surface area contributed by atoms with Gasteiger partial charge < -0.3 is 19.7 Å². The maximum Gasteiger partial charge on any atom is 0.251 e. The van der Waals surface area contributed by atoms with Crippen LogP contribution in [0.5, 0.6) is 11.5 Å². The lowest BCUT2D eigenvalue weighted by Crippen LogP contribution is -2.51. The zero-order chi connectivity index (χ0) is 21.6. The maximum atomic E-state index is 13.0. The minimum atomic E-state index is -0.124. The van der Waals surface area contributed by atoms with Crippen LogP contribution in [0.2, 0.25) is 0 Å². The summed E-state index contributed by atoms with van der Waals surface area (Å²) in [5, 5.41) is 2.96. The Morgan fingerprint density at radius 1 is 1.00 bits per heavy atom. The fourth-order valence-corrected chi connectivity index (χ4v) is 4.12. The minimum absolute atomic E-state index is 0.0752. The summed E-state index contributed by atoms with van der Waals surface area (Å²) in [6, 6.07) is 15.2. The van der Waals surface area contributed by atoms with Gasteiger partial charge in [-0.2, -0.15) is 0 Å². The first-order chi connectivity index (χ1) is 15.2. The van der Waals surface area contributed by atoms with E-state index in [0.29, 0.717) is 23.6 Å². The molecule has 2 heterocycles. The molecule has 0 bridgehead atoms. The van der Waals surface area contributed by atoms with Crippen LogP contribution in [0.3, 0.4) is 0 Å². The van der Waals surface area contributed by atoms with Crippen LogP contribution < -0.4 is 14.8 Å². The first kappa shape index (κ1) is 21.2. The highest BCUT2D eigenvalue weighted by Gasteiger charge is 2.27. The average Bonchev–Trinajstić information content (AvgIpc) is 3.28. The molecule has 0 spiro atoms. The predicted molar refractivity (Wildman–Crippen MR) is 117 cm³/mol. The number of piperazine rings is 1. The lowest BCUT2D eigenvalue weighted by Gasteiger charge is -2.36. The highest BCUT2D eigenvalue weighted by atomic mass is 16.7. The van der Waals surface area contributed by atoms with Crippen molar-refractivity contribution in [2.45, 2.75) is 19.3 Å². The Hall–Kier alpha value is -3.06. The third kappa shape index (κ3) is 4.99. The summed E-state index contributed by atoms with van der Waals surface area (Å²) in [5.74, 6) is 1.29. The number of ether oxygens (including phenoxy) is 2. The smallest absolute Gasteiger partial charge is 0.251 e. The number of rotatable bonds is 7. The summed E-state index contributed by atoms with van der Waals surface area (Å²) in [5.41, 5.74) is 1.65. The summed E-state index contributed by atoms with van der Waals surface area (Å²) in [4.78, 5) is 29.7. The third-order valence-electron chi connectivity index (χ3n) is 5.94. The van der Waals surface area contributed by atoms with Gasteiger partial charge in [0, 0.05) is 44.8 Å². The molecule has 2 aromatic rings. The van der Waals surface area contributed by atoms with E-state index < -0.39 is 0 Å². The van der Waals surface area contributed by atoms with Crippen molar-refractivity contribution in [3.63, 3.8) is 0 Å². The summed E-state index contributed by atoms with van der Waals surface area (Å²) in [6.07, 6.45) is 0.801. The normalized spacial score (nSPS) is 16.7. The van der Waals surface area contributed by atoms with Crippen LogP contribution in [0.25, 0.3) is 0 Å². The number of hydrogen-bond acceptors (Lipinski definition) is 5. The van der Waals surface area contributed by atoms with E-state index in [1.165, 1.54) is 0 Å². The van der Waals surface area contributed by atoms with Crippen molar-refractivity contribution in [1.82, 2.24) is 15.1 Å². The van der Waals surface area contributed by atoms with E-state index in [4.69, 9.17) is 9.47 Å². The number of carbonyl (C=O) groups is 2. The van der Waals surface area contributed by atoms with Crippen molar-refractivity contribution in [3.05, 3.63) is 59.7 Å². The van der Waals surface area contributed by atoms with Crippen molar-refractivity contribution in [3.8, 4) is 11.5 Å². The lowest BCUT2D eigenvalue weighted by molar-refractivity contribution is -0.134. The minimum Gasteiger partial charge on any atom is -0.454 e. The number of nitrogens with one attached hydrogen (secondary N) is 1. The molecule has 1 unspecified atom stereocenters. The Labute approximate surface area is 182 Å². The van der Waals surface area contributed by atoms with Gasteiger partial charge in [0.1, 0.15) is 0 Å². The number of fused-ring (bicyclic) bond motifs is 1. The van der Waals surface area contributed by atoms with Crippen molar-refractivity contribution in [1.29, 1.82) is 0 Å². The Morgan fingerprint density at radius 2 is 1.74 bits per heavy atom. The SMILES string of the molecule is CCC(C(=O)N1CCN(CCNC(=O)c2ccc3c(c2)OCO3)CC1)c1ccccc1. The molecule has 31 heavy (non-hydrogen) atoms. The molecule has 164 valence electrons. The van der Waals surface area contributed by atoms with Gasteiger partial charge in [-0.1, -0.05) is 37.3 Å². The Bertz CT molecular complexity index is 910. The molecule has 0 radical (unpaired) electrons. The first-order valence-electron chi connectivity index (χ1n) is 10.9. The van der Waals surface area contributed by atoms with Crippen molar-refractivity contribution in [2.75, 3.05) is 46.1 Å². The average molecular weight is 424 g/mol. The number of amides is 2. The van der Waals surface area contributed by atoms with Gasteiger partial charge in [0.15, 0.2) is 11.5 Å². The second-order valence-electron chi connectivity index (χ2n) is 7.86. The van der Waals surface area contributed by atoms with Crippen LogP contribution in [0.1, 0.15) is 35.2 Å². The quantitative estimate of drug-likeness (QED) is 0.741. The fraction of sp³-hybridized carbons (Fsp3) is 0.417. The van der Waals surface area contributed by atoms with Crippen molar-refractivity contribution >= 4 is 11.8 Å². The van der Waals surface area contributed by atoms with E-state index in [9.17, 15) is 9.59 Å². The van der Waals surface area contributed by atoms with E-state index >= 15 is 0 Å². The van der Waals surface area contributed by atoms with E-state index in [1.807, 2.05) is 35.2 Å². The van der Waals surface area contributed by atoms with E-state index in [2.05, 4.69) is 17.1 Å². The van der Waals surface area contributed by atoms with Gasteiger partial charge in [-0.15, -0.1) is 0 Å². The Balaban J connectivity index is 1.21. The van der Waals surface area contributed by atoms with Gasteiger partial charge in [-0.25, -0.2) is 0 Å². The van der Waals surface area contributed by atoms with E-state index in [0.717, 1.165) is 44.7 Å². The van der Waals surface area contributed by atoms with Crippen LogP contribution in [0, 0.1) is 0 Å². The number of benzene rings is 2. The molecule has 0 aromatic heterocycles. The van der Waals surface area contributed by atoms with Crippen LogP contribution in [0.4, 0.5) is 0 Å². The number of nitrogens with zero attached hydrogens (tertiary/aromatic N) is 2. The number of hydrogen-bond donors (Lipinski definition) is 1. The molecule has 2 aliphatic rings. The standard InChI is InChI=1S/C24H29N3O4/c1-2-20(18-6-4-3-5-7-18)24(29)27-14-12-26(13-15-27)11-10-25-23(28)19-8-9-21-22(16-19)31-17-30-21/h3-9,16,20H,2,10-15,17H2,1H3,(H,25,28). The molecule has 0 aliphatic carbocycles. The topological polar surface area (TPSA) is 71.1 Å². The fourth-order valence-electron chi connectivity index (χ4n) is 4.12. The highest BCUT2D eigenvalue weighted by Crippen LogP contribution is 2.32. The van der Waals surface area contributed by atoms with Crippen LogP contribution in [0.15, 0.2) is 48.5 Å². The van der Waals surface area contributed by atoms with Gasteiger partial charge >= 0.3 is 0 Å². The van der Waals surface area contributed by atoms with Crippen molar-refractivity contribution < 1.29 is 19.1 Å². The molecular formula is C24H29N3O4. The molecule has 7 nitrogen and oxygen atoms in total. The summed E-state index contributed by atoms with van der Waals surface area (Å²) >= 11 is 0. The lowest BCUT2D eigenvalue weighted by atomic mass is 9.95. The van der Waals surface area contributed by atoms with Gasteiger partial charge in [-0.3, -0.25) is 14.5 Å². The monoisotopic (exact) mass is 423 g/mol. The third-order valence-corrected chi connectivity index (χ3v) is 5.94. The Morgan fingerprint density at radius 3 is 2.48 bits per heavy atom. The molecule has 1 N–H and O–H groups in total. The predicted octanol–water partition coefficient (Wildman–Crippen LogP) is 2.48. The largest absolute Gasteiger partial charge is 0.454 e. The molecule has 1 fully saturated rings. The van der Waals surface area contributed by atoms with Crippen molar-refractivity contribution in [2.24, 2.45) is 0 Å². The van der Waals surface area contributed by atoms with E-state index in [1.54, 1.807) is 18.2 Å². The first-order valence-corrected chi connectivity index (χ1v) is 10.9. The van der Waals surface area contributed by atoms with Gasteiger partial charge in [0.2, 0.25) is 12.7 Å². The molecule has 7 heteroatoms. The van der Waals surface area contributed by atoms with Crippen LogP contribution in [-0.4, -0.2) is 67.7 Å². The van der Waals surface area contributed by atoms with Crippen LogP contribution in [-0.2, 0) is 4.79 Å². The molecule has 2 aromatic carbocycles. The molecule has 1 atom stereocenters. The highest BCUT2D eigenvalue weighted by molar-refractivity contribution is 5.94. The van der Waals surface area contributed by atoms with Gasteiger partial charge in [0.25, 0.3) is 5.91 Å². The maximum absolute atomic E-state index is 13.0. The van der Waals surface area contributed by atoms with E-state index in [-0.39, 0.29) is 24.5 Å². The summed E-state index contributed by atoms with van der Waals surface area (Å²) in [7, 11) is 0. The second-order valence-corrected chi connectivity index (χ2v) is 7.86. The summed E-state index contributed by atoms with van der Waals surface area (Å²) in [6.45, 7) is 6.65. The molecule has 4 rings (SSSR count). The zero-order valence-corrected chi connectivity index (χ0v) is 17.9. The molecule has 2 aliphatic heterocycles. The molecule has 2 amide bonds. The summed E-state index contributed by atoms with van der Waals surface area (Å²) < 4.78 is 10.6. The zero-order valence-electron chi connectivity index (χ0n) is 17.9. The second kappa shape index (κ2) is 9.83. The van der Waals surface area contributed by atoms with Crippen LogP contribution >= 0.6 is 0 Å². The van der Waals surface area contributed by atoms with Gasteiger partial charge in [0.05, 0.1) is 5.92 Å². The van der Waals surface area contributed by atoms with Gasteiger partial charge in [-0.05, 0) is 30.2 Å². The molecular weight excluding hydrogens is 394 g/mol. The Kier molecular flexibility index (Phi) is 6.72. The molecule has 0 saturated carbocycles. The molecule has 1 saturated heterocycles.